The first-order chi connectivity index (χ1) is 12.6. The summed E-state index contributed by atoms with van der Waals surface area (Å²) in [7, 11) is 0. The SMILES string of the molecule is CC(C(=O)N1CCC(O)(c2ccccn2)CC1)n1cnc2ccccc21. The number of amides is 1. The van der Waals surface area contributed by atoms with Crippen molar-refractivity contribution in [3.05, 3.63) is 60.7 Å². The molecule has 1 amide bonds. The van der Waals surface area contributed by atoms with E-state index < -0.39 is 5.60 Å². The highest BCUT2D eigenvalue weighted by atomic mass is 16.3. The van der Waals surface area contributed by atoms with Gasteiger partial charge in [-0.15, -0.1) is 0 Å². The quantitative estimate of drug-likeness (QED) is 0.788. The summed E-state index contributed by atoms with van der Waals surface area (Å²) in [5, 5.41) is 10.9. The van der Waals surface area contributed by atoms with Gasteiger partial charge in [0.1, 0.15) is 11.6 Å². The molecule has 3 heterocycles. The number of piperidine rings is 1. The zero-order chi connectivity index (χ0) is 18.1. The minimum Gasteiger partial charge on any atom is -0.383 e. The van der Waals surface area contributed by atoms with E-state index in [1.165, 1.54) is 0 Å². The smallest absolute Gasteiger partial charge is 0.245 e. The summed E-state index contributed by atoms with van der Waals surface area (Å²) >= 11 is 0. The topological polar surface area (TPSA) is 71.2 Å². The number of carbonyl (C=O) groups excluding carboxylic acids is 1. The van der Waals surface area contributed by atoms with E-state index in [0.717, 1.165) is 11.0 Å². The number of imidazole rings is 1. The molecule has 0 bridgehead atoms. The average molecular weight is 350 g/mol. The van der Waals surface area contributed by atoms with E-state index in [2.05, 4.69) is 9.97 Å². The molecule has 3 aromatic rings. The van der Waals surface area contributed by atoms with Crippen molar-refractivity contribution in [3.63, 3.8) is 0 Å². The maximum Gasteiger partial charge on any atom is 0.245 e. The van der Waals surface area contributed by atoms with Crippen molar-refractivity contribution >= 4 is 16.9 Å². The van der Waals surface area contributed by atoms with E-state index in [1.807, 2.05) is 58.9 Å². The van der Waals surface area contributed by atoms with Crippen LogP contribution in [0.15, 0.2) is 55.0 Å². The van der Waals surface area contributed by atoms with E-state index in [9.17, 15) is 9.90 Å². The average Bonchev–Trinajstić information content (AvgIpc) is 3.12. The summed E-state index contributed by atoms with van der Waals surface area (Å²) in [5.74, 6) is 0.0521. The molecule has 6 heteroatoms. The summed E-state index contributed by atoms with van der Waals surface area (Å²) in [6.45, 7) is 2.93. The number of pyridine rings is 1. The van der Waals surface area contributed by atoms with Gasteiger partial charge in [-0.3, -0.25) is 9.78 Å². The Morgan fingerprint density at radius 3 is 2.58 bits per heavy atom. The third kappa shape index (κ3) is 2.86. The van der Waals surface area contributed by atoms with Gasteiger partial charge in [0.25, 0.3) is 0 Å². The van der Waals surface area contributed by atoms with Gasteiger partial charge in [-0.2, -0.15) is 0 Å². The van der Waals surface area contributed by atoms with Crippen LogP contribution in [0.3, 0.4) is 0 Å². The first-order valence-corrected chi connectivity index (χ1v) is 8.93. The van der Waals surface area contributed by atoms with Crippen LogP contribution in [0.1, 0.15) is 31.5 Å². The molecular formula is C20H22N4O2. The fraction of sp³-hybridized carbons (Fsp3) is 0.350. The maximum atomic E-state index is 13.0. The molecule has 1 saturated heterocycles. The van der Waals surface area contributed by atoms with Crippen LogP contribution in [0.4, 0.5) is 0 Å². The second kappa shape index (κ2) is 6.53. The molecule has 1 aliphatic rings. The monoisotopic (exact) mass is 350 g/mol. The highest BCUT2D eigenvalue weighted by Crippen LogP contribution is 2.32. The molecule has 6 nitrogen and oxygen atoms in total. The molecule has 1 N–H and O–H groups in total. The maximum absolute atomic E-state index is 13.0. The Kier molecular flexibility index (Phi) is 4.20. The molecule has 0 radical (unpaired) electrons. The number of likely N-dealkylation sites (tertiary alicyclic amines) is 1. The van der Waals surface area contributed by atoms with Crippen LogP contribution in [0.2, 0.25) is 0 Å². The molecular weight excluding hydrogens is 328 g/mol. The lowest BCUT2D eigenvalue weighted by Crippen LogP contribution is -2.47. The number of aliphatic hydroxyl groups is 1. The Morgan fingerprint density at radius 1 is 1.12 bits per heavy atom. The van der Waals surface area contributed by atoms with Crippen LogP contribution >= 0.6 is 0 Å². The van der Waals surface area contributed by atoms with Gasteiger partial charge in [-0.1, -0.05) is 18.2 Å². The largest absolute Gasteiger partial charge is 0.383 e. The second-order valence-electron chi connectivity index (χ2n) is 6.89. The van der Waals surface area contributed by atoms with Gasteiger partial charge in [0.05, 0.1) is 23.1 Å². The van der Waals surface area contributed by atoms with Crippen LogP contribution in [0.5, 0.6) is 0 Å². The molecule has 1 atom stereocenters. The van der Waals surface area contributed by atoms with Gasteiger partial charge in [0, 0.05) is 19.3 Å². The zero-order valence-electron chi connectivity index (χ0n) is 14.7. The Morgan fingerprint density at radius 2 is 1.85 bits per heavy atom. The number of rotatable bonds is 3. The van der Waals surface area contributed by atoms with Crippen molar-refractivity contribution < 1.29 is 9.90 Å². The number of fused-ring (bicyclic) bond motifs is 1. The summed E-state index contributed by atoms with van der Waals surface area (Å²) in [6.07, 6.45) is 4.40. The van der Waals surface area contributed by atoms with E-state index in [1.54, 1.807) is 12.5 Å². The summed E-state index contributed by atoms with van der Waals surface area (Å²) in [5.41, 5.74) is 1.56. The number of nitrogens with zero attached hydrogens (tertiary/aromatic N) is 4. The number of aromatic nitrogens is 3. The Balaban J connectivity index is 1.48. The standard InChI is InChI=1S/C20H22N4O2/c1-15(24-14-22-16-6-2-3-7-17(16)24)19(25)23-12-9-20(26,10-13-23)18-8-4-5-11-21-18/h2-8,11,14-15,26H,9-10,12-13H2,1H3. The fourth-order valence-electron chi connectivity index (χ4n) is 3.66. The first kappa shape index (κ1) is 16.7. The number of para-hydroxylation sites is 2. The van der Waals surface area contributed by atoms with Gasteiger partial charge < -0.3 is 14.6 Å². The summed E-state index contributed by atoms with van der Waals surface area (Å²) in [4.78, 5) is 23.5. The Bertz CT molecular complexity index is 914. The molecule has 1 aromatic carbocycles. The molecule has 1 unspecified atom stereocenters. The third-order valence-electron chi connectivity index (χ3n) is 5.30. The van der Waals surface area contributed by atoms with Crippen molar-refractivity contribution in [1.29, 1.82) is 0 Å². The molecule has 26 heavy (non-hydrogen) atoms. The number of carbonyl (C=O) groups is 1. The minimum atomic E-state index is -0.955. The molecule has 0 aliphatic carbocycles. The number of hydrogen-bond donors (Lipinski definition) is 1. The van der Waals surface area contributed by atoms with Crippen molar-refractivity contribution in [2.24, 2.45) is 0 Å². The van der Waals surface area contributed by atoms with Crippen LogP contribution < -0.4 is 0 Å². The molecule has 1 fully saturated rings. The van der Waals surface area contributed by atoms with E-state index in [0.29, 0.717) is 31.6 Å². The first-order valence-electron chi connectivity index (χ1n) is 8.93. The molecule has 2 aromatic heterocycles. The van der Waals surface area contributed by atoms with Crippen molar-refractivity contribution in [1.82, 2.24) is 19.4 Å². The van der Waals surface area contributed by atoms with Crippen molar-refractivity contribution in [2.75, 3.05) is 13.1 Å². The predicted octanol–water partition coefficient (Wildman–Crippen LogP) is 2.50. The van der Waals surface area contributed by atoms with Crippen molar-refractivity contribution in [3.8, 4) is 0 Å². The molecule has 134 valence electrons. The van der Waals surface area contributed by atoms with Crippen LogP contribution in [0.25, 0.3) is 11.0 Å². The fourth-order valence-corrected chi connectivity index (χ4v) is 3.66. The zero-order valence-corrected chi connectivity index (χ0v) is 14.7. The second-order valence-corrected chi connectivity index (χ2v) is 6.89. The Labute approximate surface area is 152 Å². The highest BCUT2D eigenvalue weighted by Gasteiger charge is 2.37. The van der Waals surface area contributed by atoms with E-state index in [-0.39, 0.29) is 11.9 Å². The van der Waals surface area contributed by atoms with E-state index in [4.69, 9.17) is 0 Å². The summed E-state index contributed by atoms with van der Waals surface area (Å²) in [6, 6.07) is 13.0. The highest BCUT2D eigenvalue weighted by molar-refractivity contribution is 5.83. The van der Waals surface area contributed by atoms with Crippen molar-refractivity contribution in [2.45, 2.75) is 31.4 Å². The molecule has 0 saturated carbocycles. The van der Waals surface area contributed by atoms with Gasteiger partial charge in [0.2, 0.25) is 5.91 Å². The van der Waals surface area contributed by atoms with Gasteiger partial charge in [0.15, 0.2) is 0 Å². The normalized spacial score (nSPS) is 18.0. The molecule has 0 spiro atoms. The minimum absolute atomic E-state index is 0.0521. The number of hydrogen-bond acceptors (Lipinski definition) is 4. The molecule has 1 aliphatic heterocycles. The van der Waals surface area contributed by atoms with Crippen LogP contribution in [-0.4, -0.2) is 43.5 Å². The van der Waals surface area contributed by atoms with E-state index >= 15 is 0 Å². The van der Waals surface area contributed by atoms with Crippen LogP contribution in [0, 0.1) is 0 Å². The number of benzene rings is 1. The third-order valence-corrected chi connectivity index (χ3v) is 5.30. The van der Waals surface area contributed by atoms with Gasteiger partial charge >= 0.3 is 0 Å². The lowest BCUT2D eigenvalue weighted by Gasteiger charge is -2.38. The molecule has 4 rings (SSSR count). The van der Waals surface area contributed by atoms with Gasteiger partial charge in [-0.05, 0) is 44.0 Å². The van der Waals surface area contributed by atoms with Crippen LogP contribution in [-0.2, 0) is 10.4 Å². The predicted molar refractivity (Wildman–Crippen MR) is 98.4 cm³/mol. The Hall–Kier alpha value is -2.73. The van der Waals surface area contributed by atoms with Gasteiger partial charge in [-0.25, -0.2) is 4.98 Å². The lowest BCUT2D eigenvalue weighted by atomic mass is 9.87. The lowest BCUT2D eigenvalue weighted by molar-refractivity contribution is -0.138. The summed E-state index contributed by atoms with van der Waals surface area (Å²) < 4.78 is 1.91.